The fourth-order valence-electron chi connectivity index (χ4n) is 1.32. The maximum absolute atomic E-state index is 11.0. The molecule has 2 rings (SSSR count). The lowest BCUT2D eigenvalue weighted by atomic mass is 10.1. The molecule has 0 amide bonds. The molecule has 0 unspecified atom stereocenters. The molecule has 0 spiro atoms. The second-order valence-electron chi connectivity index (χ2n) is 2.94. The summed E-state index contributed by atoms with van der Waals surface area (Å²) in [6, 6.07) is 8.78. The Morgan fingerprint density at radius 2 is 1.80 bits per heavy atom. The van der Waals surface area contributed by atoms with Crippen molar-refractivity contribution in [3.8, 4) is 11.1 Å². The lowest BCUT2D eigenvalue weighted by Gasteiger charge is -1.99. The third-order valence-corrected chi connectivity index (χ3v) is 2.42. The van der Waals surface area contributed by atoms with Gasteiger partial charge < -0.3 is 4.42 Å². The van der Waals surface area contributed by atoms with Crippen molar-refractivity contribution >= 4 is 28.4 Å². The molecule has 0 bridgehead atoms. The number of benzene rings is 1. The van der Waals surface area contributed by atoms with Crippen LogP contribution in [0, 0.1) is 0 Å². The second-order valence-corrected chi connectivity index (χ2v) is 3.72. The Balaban J connectivity index is 2.49. The van der Waals surface area contributed by atoms with Crippen LogP contribution < -0.4 is 0 Å². The monoisotopic (exact) mass is 240 g/mol. The lowest BCUT2D eigenvalue weighted by molar-refractivity contribution is 0.105. The maximum Gasteiger partial charge on any atom is 0.288 e. The van der Waals surface area contributed by atoms with E-state index < -0.39 is 5.24 Å². The van der Waals surface area contributed by atoms with E-state index in [4.69, 9.17) is 27.6 Å². The normalized spacial score (nSPS) is 10.3. The SMILES string of the molecule is O=C(Cl)c1occc1-c1ccc(Cl)cc1. The molecule has 2 aromatic rings. The van der Waals surface area contributed by atoms with Crippen molar-refractivity contribution in [1.82, 2.24) is 0 Å². The molecule has 0 atom stereocenters. The maximum atomic E-state index is 11.0. The standard InChI is InChI=1S/C11H6Cl2O2/c12-8-3-1-7(2-4-8)9-5-6-15-10(9)11(13)14/h1-6H. The molecule has 0 N–H and O–H groups in total. The van der Waals surface area contributed by atoms with Crippen LogP contribution in [0.5, 0.6) is 0 Å². The fourth-order valence-corrected chi connectivity index (χ4v) is 1.59. The van der Waals surface area contributed by atoms with Crippen LogP contribution in [0.2, 0.25) is 5.02 Å². The number of hydrogen-bond donors (Lipinski definition) is 0. The highest BCUT2D eigenvalue weighted by atomic mass is 35.5. The lowest BCUT2D eigenvalue weighted by Crippen LogP contribution is -1.88. The Kier molecular flexibility index (Phi) is 2.80. The predicted molar refractivity (Wildman–Crippen MR) is 59.3 cm³/mol. The molecule has 0 saturated carbocycles. The number of rotatable bonds is 2. The van der Waals surface area contributed by atoms with Gasteiger partial charge in [0.1, 0.15) is 0 Å². The summed E-state index contributed by atoms with van der Waals surface area (Å²) in [6.07, 6.45) is 1.43. The summed E-state index contributed by atoms with van der Waals surface area (Å²) in [5.74, 6) is 0.152. The van der Waals surface area contributed by atoms with E-state index in [1.807, 2.05) is 0 Å². The van der Waals surface area contributed by atoms with Gasteiger partial charge in [-0.3, -0.25) is 4.79 Å². The summed E-state index contributed by atoms with van der Waals surface area (Å²) in [6.45, 7) is 0. The summed E-state index contributed by atoms with van der Waals surface area (Å²) in [5, 5.41) is 0.0333. The van der Waals surface area contributed by atoms with Gasteiger partial charge in [-0.25, -0.2) is 0 Å². The minimum atomic E-state index is -0.607. The topological polar surface area (TPSA) is 30.2 Å². The van der Waals surface area contributed by atoms with E-state index in [1.165, 1.54) is 6.26 Å². The van der Waals surface area contributed by atoms with E-state index >= 15 is 0 Å². The first kappa shape index (κ1) is 10.3. The number of hydrogen-bond acceptors (Lipinski definition) is 2. The van der Waals surface area contributed by atoms with Crippen LogP contribution in [-0.2, 0) is 0 Å². The van der Waals surface area contributed by atoms with Crippen LogP contribution in [0.25, 0.3) is 11.1 Å². The molecule has 0 saturated heterocycles. The van der Waals surface area contributed by atoms with Crippen molar-refractivity contribution in [2.24, 2.45) is 0 Å². The van der Waals surface area contributed by atoms with Gasteiger partial charge in [-0.05, 0) is 35.4 Å². The Bertz CT molecular complexity index is 486. The van der Waals surface area contributed by atoms with Crippen LogP contribution in [0.15, 0.2) is 41.0 Å². The van der Waals surface area contributed by atoms with Gasteiger partial charge in [0.15, 0.2) is 5.76 Å². The zero-order valence-electron chi connectivity index (χ0n) is 7.54. The zero-order chi connectivity index (χ0) is 10.8. The van der Waals surface area contributed by atoms with E-state index in [9.17, 15) is 4.79 Å². The Morgan fingerprint density at radius 3 is 2.40 bits per heavy atom. The van der Waals surface area contributed by atoms with Crippen LogP contribution in [-0.4, -0.2) is 5.24 Å². The van der Waals surface area contributed by atoms with Crippen molar-refractivity contribution in [1.29, 1.82) is 0 Å². The Hall–Kier alpha value is -1.25. The van der Waals surface area contributed by atoms with E-state index in [1.54, 1.807) is 30.3 Å². The zero-order valence-corrected chi connectivity index (χ0v) is 9.05. The van der Waals surface area contributed by atoms with Gasteiger partial charge >= 0.3 is 0 Å². The van der Waals surface area contributed by atoms with Crippen LogP contribution in [0.1, 0.15) is 10.6 Å². The third-order valence-electron chi connectivity index (χ3n) is 2.00. The molecule has 2 nitrogen and oxygen atoms in total. The molecule has 0 radical (unpaired) electrons. The minimum absolute atomic E-state index is 0.152. The molecule has 1 aromatic carbocycles. The highest BCUT2D eigenvalue weighted by molar-refractivity contribution is 6.67. The van der Waals surface area contributed by atoms with Crippen molar-refractivity contribution in [3.63, 3.8) is 0 Å². The largest absolute Gasteiger partial charge is 0.459 e. The van der Waals surface area contributed by atoms with Crippen LogP contribution >= 0.6 is 23.2 Å². The molecular formula is C11H6Cl2O2. The van der Waals surface area contributed by atoms with E-state index in [-0.39, 0.29) is 5.76 Å². The smallest absolute Gasteiger partial charge is 0.288 e. The van der Waals surface area contributed by atoms with Crippen molar-refractivity contribution in [3.05, 3.63) is 47.4 Å². The summed E-state index contributed by atoms with van der Waals surface area (Å²) in [5.41, 5.74) is 1.52. The van der Waals surface area contributed by atoms with Crippen molar-refractivity contribution in [2.75, 3.05) is 0 Å². The van der Waals surface area contributed by atoms with Gasteiger partial charge in [0.25, 0.3) is 5.24 Å². The first-order valence-corrected chi connectivity index (χ1v) is 4.97. The molecule has 0 aliphatic heterocycles. The third kappa shape index (κ3) is 2.06. The number of halogens is 2. The summed E-state index contributed by atoms with van der Waals surface area (Å²) >= 11 is 11.1. The Labute approximate surface area is 96.4 Å². The molecule has 15 heavy (non-hydrogen) atoms. The minimum Gasteiger partial charge on any atom is -0.459 e. The summed E-state index contributed by atoms with van der Waals surface area (Å²) in [7, 11) is 0. The molecular weight excluding hydrogens is 235 g/mol. The van der Waals surface area contributed by atoms with Gasteiger partial charge in [0.05, 0.1) is 6.26 Å². The summed E-state index contributed by atoms with van der Waals surface area (Å²) < 4.78 is 5.00. The average Bonchev–Trinajstić information content (AvgIpc) is 2.67. The molecule has 76 valence electrons. The number of furan rings is 1. The number of carbonyl (C=O) groups excluding carboxylic acids is 1. The molecule has 4 heteroatoms. The quantitative estimate of drug-likeness (QED) is 0.744. The second kappa shape index (κ2) is 4.09. The van der Waals surface area contributed by atoms with Gasteiger partial charge in [-0.2, -0.15) is 0 Å². The van der Waals surface area contributed by atoms with Crippen LogP contribution in [0.4, 0.5) is 0 Å². The first-order chi connectivity index (χ1) is 7.18. The van der Waals surface area contributed by atoms with Gasteiger partial charge in [-0.1, -0.05) is 23.7 Å². The fraction of sp³-hybridized carbons (Fsp3) is 0. The van der Waals surface area contributed by atoms with Gasteiger partial charge in [0, 0.05) is 10.6 Å². The van der Waals surface area contributed by atoms with Crippen molar-refractivity contribution < 1.29 is 9.21 Å². The van der Waals surface area contributed by atoms with E-state index in [0.29, 0.717) is 10.6 Å². The molecule has 0 aliphatic carbocycles. The van der Waals surface area contributed by atoms with E-state index in [2.05, 4.69) is 0 Å². The highest BCUT2D eigenvalue weighted by Crippen LogP contribution is 2.27. The first-order valence-electron chi connectivity index (χ1n) is 4.22. The molecule has 1 heterocycles. The predicted octanol–water partition coefficient (Wildman–Crippen LogP) is 3.98. The number of carbonyl (C=O) groups is 1. The van der Waals surface area contributed by atoms with Gasteiger partial charge in [-0.15, -0.1) is 0 Å². The highest BCUT2D eigenvalue weighted by Gasteiger charge is 2.14. The molecule has 0 fully saturated rings. The van der Waals surface area contributed by atoms with E-state index in [0.717, 1.165) is 5.56 Å². The summed E-state index contributed by atoms with van der Waals surface area (Å²) in [4.78, 5) is 11.0. The average molecular weight is 241 g/mol. The van der Waals surface area contributed by atoms with Crippen LogP contribution in [0.3, 0.4) is 0 Å². The van der Waals surface area contributed by atoms with Gasteiger partial charge in [0.2, 0.25) is 0 Å². The molecule has 1 aromatic heterocycles. The van der Waals surface area contributed by atoms with Crippen molar-refractivity contribution in [2.45, 2.75) is 0 Å². The Morgan fingerprint density at radius 1 is 1.13 bits per heavy atom. The molecule has 0 aliphatic rings.